The minimum absolute atomic E-state index is 0.00480. The van der Waals surface area contributed by atoms with Gasteiger partial charge < -0.3 is 9.84 Å². The average Bonchev–Trinajstić information content (AvgIpc) is 2.51. The predicted octanol–water partition coefficient (Wildman–Crippen LogP) is 4.57. The van der Waals surface area contributed by atoms with E-state index >= 15 is 0 Å². The zero-order valence-electron chi connectivity index (χ0n) is 15.6. The lowest BCUT2D eigenvalue weighted by Gasteiger charge is -2.56. The molecule has 0 heterocycles. The van der Waals surface area contributed by atoms with Crippen molar-refractivity contribution in [2.24, 2.45) is 11.3 Å². The molecule has 2 heteroatoms. The molecule has 1 fully saturated rings. The molecule has 23 heavy (non-hydrogen) atoms. The summed E-state index contributed by atoms with van der Waals surface area (Å²) in [5, 5.41) is 10.5. The number of aliphatic hydroxyl groups is 1. The first-order chi connectivity index (χ1) is 10.6. The summed E-state index contributed by atoms with van der Waals surface area (Å²) in [4.78, 5) is 0. The molecule has 3 atom stereocenters. The second-order valence-corrected chi connectivity index (χ2v) is 8.97. The van der Waals surface area contributed by atoms with Crippen LogP contribution in [0, 0.1) is 11.3 Å². The van der Waals surface area contributed by atoms with E-state index in [4.69, 9.17) is 4.74 Å². The van der Waals surface area contributed by atoms with Gasteiger partial charge in [0.25, 0.3) is 0 Å². The number of fused-ring (bicyclic) bond motifs is 3. The molecule has 0 radical (unpaired) electrons. The summed E-state index contributed by atoms with van der Waals surface area (Å²) in [6, 6.07) is 6.94. The Kier molecular flexibility index (Phi) is 3.93. The maximum Gasteiger partial charge on any atom is 0.0871 e. The van der Waals surface area contributed by atoms with E-state index in [1.165, 1.54) is 23.1 Å². The first-order valence-electron chi connectivity index (χ1n) is 9.00. The van der Waals surface area contributed by atoms with Crippen LogP contribution in [0.1, 0.15) is 70.6 Å². The van der Waals surface area contributed by atoms with Crippen LogP contribution in [0.2, 0.25) is 0 Å². The Bertz CT molecular complexity index is 602. The smallest absolute Gasteiger partial charge is 0.0871 e. The van der Waals surface area contributed by atoms with Crippen molar-refractivity contribution in [1.82, 2.24) is 0 Å². The molecule has 1 saturated carbocycles. The molecule has 3 rings (SSSR count). The van der Waals surface area contributed by atoms with E-state index in [0.29, 0.717) is 5.92 Å². The number of aliphatic hydroxyl groups excluding tert-OH is 1. The summed E-state index contributed by atoms with van der Waals surface area (Å²) in [5.41, 5.74) is 4.19. The fourth-order valence-corrected chi connectivity index (χ4v) is 5.20. The fraction of sp³-hybridized carbons (Fsp3) is 0.714. The lowest BCUT2D eigenvalue weighted by atomic mass is 9.49. The Balaban J connectivity index is 2.05. The highest BCUT2D eigenvalue weighted by molar-refractivity contribution is 5.42. The first kappa shape index (κ1) is 17.0. The molecule has 0 spiro atoms. The van der Waals surface area contributed by atoms with Gasteiger partial charge in [-0.2, -0.15) is 0 Å². The van der Waals surface area contributed by atoms with E-state index in [1.54, 1.807) is 7.11 Å². The zero-order valence-corrected chi connectivity index (χ0v) is 15.6. The van der Waals surface area contributed by atoms with Crippen LogP contribution in [-0.4, -0.2) is 18.3 Å². The summed E-state index contributed by atoms with van der Waals surface area (Å²) >= 11 is 0. The molecule has 0 amide bonds. The molecule has 2 aliphatic rings. The number of hydrogen-bond donors (Lipinski definition) is 1. The van der Waals surface area contributed by atoms with Gasteiger partial charge in [-0.15, -0.1) is 0 Å². The van der Waals surface area contributed by atoms with Crippen molar-refractivity contribution in [2.75, 3.05) is 7.11 Å². The van der Waals surface area contributed by atoms with Crippen LogP contribution in [0.15, 0.2) is 18.2 Å². The van der Waals surface area contributed by atoms with Crippen molar-refractivity contribution in [1.29, 1.82) is 0 Å². The molecule has 128 valence electrons. The van der Waals surface area contributed by atoms with Gasteiger partial charge in [-0.05, 0) is 73.0 Å². The van der Waals surface area contributed by atoms with Gasteiger partial charge >= 0.3 is 0 Å². The monoisotopic (exact) mass is 316 g/mol. The Morgan fingerprint density at radius 2 is 1.87 bits per heavy atom. The summed E-state index contributed by atoms with van der Waals surface area (Å²) in [7, 11) is 1.78. The van der Waals surface area contributed by atoms with Gasteiger partial charge in [0, 0.05) is 7.11 Å². The highest BCUT2D eigenvalue weighted by Gasteiger charge is 2.53. The first-order valence-corrected chi connectivity index (χ1v) is 9.00. The second kappa shape index (κ2) is 5.32. The second-order valence-electron chi connectivity index (χ2n) is 8.97. The Labute approximate surface area is 141 Å². The van der Waals surface area contributed by atoms with Crippen LogP contribution in [0.3, 0.4) is 0 Å². The van der Waals surface area contributed by atoms with Crippen LogP contribution >= 0.6 is 0 Å². The molecular formula is C21H32O2. The molecular weight excluding hydrogens is 284 g/mol. The number of methoxy groups -OCH3 is 1. The SMILES string of the molecule is COC(C)(C)c1ccc2c(c1)CC[C@H]1C(C)(C)[C@@H](O)CC[C@]21C. The highest BCUT2D eigenvalue weighted by Crippen LogP contribution is 2.57. The zero-order chi connectivity index (χ0) is 17.0. The molecule has 0 aliphatic heterocycles. The Morgan fingerprint density at radius 1 is 1.17 bits per heavy atom. The highest BCUT2D eigenvalue weighted by atomic mass is 16.5. The molecule has 2 nitrogen and oxygen atoms in total. The van der Waals surface area contributed by atoms with Crippen molar-refractivity contribution in [3.05, 3.63) is 34.9 Å². The molecule has 0 saturated heterocycles. The van der Waals surface area contributed by atoms with Gasteiger partial charge in [-0.3, -0.25) is 0 Å². The number of rotatable bonds is 2. The van der Waals surface area contributed by atoms with Crippen LogP contribution in [0.4, 0.5) is 0 Å². The van der Waals surface area contributed by atoms with Crippen molar-refractivity contribution < 1.29 is 9.84 Å². The molecule has 2 aliphatic carbocycles. The molecule has 1 aromatic carbocycles. The van der Waals surface area contributed by atoms with E-state index in [-0.39, 0.29) is 22.5 Å². The largest absolute Gasteiger partial charge is 0.393 e. The van der Waals surface area contributed by atoms with E-state index in [9.17, 15) is 5.11 Å². The maximum atomic E-state index is 10.5. The van der Waals surface area contributed by atoms with Crippen LogP contribution in [-0.2, 0) is 22.2 Å². The Morgan fingerprint density at radius 3 is 2.52 bits per heavy atom. The summed E-state index contributed by atoms with van der Waals surface area (Å²) in [6.45, 7) is 11.2. The minimum Gasteiger partial charge on any atom is -0.393 e. The van der Waals surface area contributed by atoms with Crippen LogP contribution in [0.25, 0.3) is 0 Å². The van der Waals surface area contributed by atoms with E-state index in [1.807, 2.05) is 0 Å². The third-order valence-corrected chi connectivity index (χ3v) is 7.09. The number of ether oxygens (including phenoxy) is 1. The predicted molar refractivity (Wildman–Crippen MR) is 94.7 cm³/mol. The van der Waals surface area contributed by atoms with Gasteiger partial charge in [0.2, 0.25) is 0 Å². The Hall–Kier alpha value is -0.860. The van der Waals surface area contributed by atoms with Gasteiger partial charge in [0.05, 0.1) is 11.7 Å². The van der Waals surface area contributed by atoms with Gasteiger partial charge in [-0.25, -0.2) is 0 Å². The molecule has 0 aromatic heterocycles. The lowest BCUT2D eigenvalue weighted by Crippen LogP contribution is -2.53. The number of hydrogen-bond acceptors (Lipinski definition) is 2. The van der Waals surface area contributed by atoms with Crippen molar-refractivity contribution in [2.45, 2.75) is 77.4 Å². The topological polar surface area (TPSA) is 29.5 Å². The van der Waals surface area contributed by atoms with Gasteiger partial charge in [-0.1, -0.05) is 39.0 Å². The summed E-state index contributed by atoms with van der Waals surface area (Å²) in [6.07, 6.45) is 4.10. The van der Waals surface area contributed by atoms with Gasteiger partial charge in [0.1, 0.15) is 0 Å². The average molecular weight is 316 g/mol. The number of aryl methyl sites for hydroxylation is 1. The fourth-order valence-electron chi connectivity index (χ4n) is 5.20. The van der Waals surface area contributed by atoms with Crippen molar-refractivity contribution in [3.8, 4) is 0 Å². The van der Waals surface area contributed by atoms with Crippen LogP contribution in [0.5, 0.6) is 0 Å². The quantitative estimate of drug-likeness (QED) is 0.866. The molecule has 0 bridgehead atoms. The summed E-state index contributed by atoms with van der Waals surface area (Å²) < 4.78 is 5.66. The van der Waals surface area contributed by atoms with Crippen molar-refractivity contribution in [3.63, 3.8) is 0 Å². The lowest BCUT2D eigenvalue weighted by molar-refractivity contribution is -0.0731. The number of benzene rings is 1. The summed E-state index contributed by atoms with van der Waals surface area (Å²) in [5.74, 6) is 0.549. The molecule has 1 N–H and O–H groups in total. The van der Waals surface area contributed by atoms with Crippen molar-refractivity contribution >= 4 is 0 Å². The van der Waals surface area contributed by atoms with Gasteiger partial charge in [0.15, 0.2) is 0 Å². The van der Waals surface area contributed by atoms with E-state index < -0.39 is 0 Å². The third-order valence-electron chi connectivity index (χ3n) is 7.09. The standard InChI is InChI=1S/C21H32O2/c1-19(2)17-10-7-14-13-15(20(3,4)23-6)8-9-16(14)21(17,5)12-11-18(19)22/h8-9,13,17-18,22H,7,10-12H2,1-6H3/t17-,18-,21+/m0/s1. The van der Waals surface area contributed by atoms with Crippen LogP contribution < -0.4 is 0 Å². The third kappa shape index (κ3) is 2.46. The molecule has 0 unspecified atom stereocenters. The van der Waals surface area contributed by atoms with E-state index in [2.05, 4.69) is 52.8 Å². The normalized spacial score (nSPS) is 33.0. The minimum atomic E-state index is -0.241. The maximum absolute atomic E-state index is 10.5. The van der Waals surface area contributed by atoms with E-state index in [0.717, 1.165) is 19.3 Å². The molecule has 1 aromatic rings.